The van der Waals surface area contributed by atoms with Crippen molar-refractivity contribution in [3.05, 3.63) is 76.5 Å². The molecule has 2 aromatic heterocycles. The first kappa shape index (κ1) is 22.1. The largest absolute Gasteiger partial charge is 0.353 e. The summed E-state index contributed by atoms with van der Waals surface area (Å²) in [5.41, 5.74) is 3.35. The molecular formula is C24H25N7O2. The average molecular weight is 444 g/mol. The minimum Gasteiger partial charge on any atom is -0.272 e. The number of hydrogen-bond donors (Lipinski definition) is 1. The molecule has 1 N–H and O–H groups in total. The Morgan fingerprint density at radius 3 is 2.48 bits per heavy atom. The molecule has 168 valence electrons. The van der Waals surface area contributed by atoms with E-state index in [1.54, 1.807) is 6.08 Å². The first-order valence-corrected chi connectivity index (χ1v) is 10.9. The standard InChI is InChI=1S/C24H25N7O2/c1-3-5-11-21-27-31(22(32)8-4-2)24(33)30(21)16-17-12-14-18(15-13-17)19-9-6-7-10-20(19)23-25-28-29-26-23/h5-7,9-15H,3-4,8,16H2,1-2H3,(H,25,26,28,29)/b11-5+. The molecule has 0 aliphatic carbocycles. The molecule has 4 rings (SSSR count). The topological polar surface area (TPSA) is 111 Å². The summed E-state index contributed by atoms with van der Waals surface area (Å²) < 4.78 is 2.51. The monoisotopic (exact) mass is 443 g/mol. The van der Waals surface area contributed by atoms with Crippen LogP contribution in [0.2, 0.25) is 0 Å². The predicted molar refractivity (Wildman–Crippen MR) is 125 cm³/mol. The van der Waals surface area contributed by atoms with Gasteiger partial charge in [0.2, 0.25) is 5.82 Å². The van der Waals surface area contributed by atoms with Gasteiger partial charge in [0.15, 0.2) is 5.82 Å². The minimum absolute atomic E-state index is 0.280. The van der Waals surface area contributed by atoms with Crippen LogP contribution in [0, 0.1) is 0 Å². The number of allylic oxidation sites excluding steroid dienone is 1. The number of carbonyl (C=O) groups excluding carboxylic acids is 1. The van der Waals surface area contributed by atoms with E-state index >= 15 is 0 Å². The lowest BCUT2D eigenvalue weighted by molar-refractivity contribution is 0.0880. The maximum atomic E-state index is 12.9. The van der Waals surface area contributed by atoms with Gasteiger partial charge in [-0.1, -0.05) is 68.5 Å². The highest BCUT2D eigenvalue weighted by molar-refractivity contribution is 5.80. The zero-order valence-electron chi connectivity index (χ0n) is 18.6. The lowest BCUT2D eigenvalue weighted by Gasteiger charge is -2.09. The van der Waals surface area contributed by atoms with Gasteiger partial charge in [-0.2, -0.15) is 5.21 Å². The summed E-state index contributed by atoms with van der Waals surface area (Å²) in [5, 5.41) is 18.6. The van der Waals surface area contributed by atoms with Gasteiger partial charge in [0, 0.05) is 12.0 Å². The van der Waals surface area contributed by atoms with Crippen LogP contribution >= 0.6 is 0 Å². The Balaban J connectivity index is 1.65. The normalized spacial score (nSPS) is 11.3. The van der Waals surface area contributed by atoms with Gasteiger partial charge in [-0.25, -0.2) is 4.79 Å². The Kier molecular flexibility index (Phi) is 6.68. The van der Waals surface area contributed by atoms with E-state index in [0.29, 0.717) is 24.6 Å². The summed E-state index contributed by atoms with van der Waals surface area (Å²) in [5.74, 6) is 0.705. The van der Waals surface area contributed by atoms with Crippen molar-refractivity contribution in [3.8, 4) is 22.5 Å². The number of tetrazole rings is 1. The highest BCUT2D eigenvalue weighted by Crippen LogP contribution is 2.29. The number of aromatic nitrogens is 7. The fraction of sp³-hybridized carbons (Fsp3) is 0.250. The minimum atomic E-state index is -0.421. The molecule has 0 aliphatic heterocycles. The van der Waals surface area contributed by atoms with E-state index < -0.39 is 5.69 Å². The number of benzene rings is 2. The van der Waals surface area contributed by atoms with Crippen LogP contribution in [0.25, 0.3) is 28.6 Å². The number of H-pyrrole nitrogens is 1. The van der Waals surface area contributed by atoms with Crippen molar-refractivity contribution in [1.82, 2.24) is 35.0 Å². The van der Waals surface area contributed by atoms with E-state index in [-0.39, 0.29) is 12.3 Å². The van der Waals surface area contributed by atoms with E-state index in [2.05, 4.69) is 25.7 Å². The van der Waals surface area contributed by atoms with Crippen molar-refractivity contribution >= 4 is 12.0 Å². The first-order valence-electron chi connectivity index (χ1n) is 10.9. The summed E-state index contributed by atoms with van der Waals surface area (Å²) in [6, 6.07) is 15.8. The SMILES string of the molecule is CC/C=C/c1nn(C(=O)CCC)c(=O)n1Cc1ccc(-c2ccccc2-c2nn[nH]n2)cc1. The zero-order chi connectivity index (χ0) is 23.2. The molecule has 0 amide bonds. The van der Waals surface area contributed by atoms with E-state index in [1.165, 1.54) is 4.57 Å². The number of nitrogens with one attached hydrogen (secondary N) is 1. The molecule has 0 bridgehead atoms. The Labute approximate surface area is 190 Å². The van der Waals surface area contributed by atoms with Crippen molar-refractivity contribution in [3.63, 3.8) is 0 Å². The summed E-state index contributed by atoms with van der Waals surface area (Å²) in [7, 11) is 0. The lowest BCUT2D eigenvalue weighted by atomic mass is 9.98. The van der Waals surface area contributed by atoms with E-state index in [1.807, 2.05) is 68.5 Å². The second-order valence-electron chi connectivity index (χ2n) is 7.57. The first-order chi connectivity index (χ1) is 16.1. The smallest absolute Gasteiger partial charge is 0.272 e. The molecule has 4 aromatic rings. The molecule has 0 aliphatic rings. The molecule has 2 heterocycles. The van der Waals surface area contributed by atoms with Gasteiger partial charge >= 0.3 is 5.69 Å². The Morgan fingerprint density at radius 2 is 1.82 bits per heavy atom. The van der Waals surface area contributed by atoms with E-state index in [9.17, 15) is 9.59 Å². The highest BCUT2D eigenvalue weighted by Gasteiger charge is 2.17. The summed E-state index contributed by atoms with van der Waals surface area (Å²) >= 11 is 0. The number of rotatable bonds is 8. The third kappa shape index (κ3) is 4.72. The molecule has 2 aromatic carbocycles. The maximum absolute atomic E-state index is 12.9. The second-order valence-corrected chi connectivity index (χ2v) is 7.57. The van der Waals surface area contributed by atoms with Crippen molar-refractivity contribution in [2.24, 2.45) is 0 Å². The zero-order valence-corrected chi connectivity index (χ0v) is 18.6. The molecule has 33 heavy (non-hydrogen) atoms. The van der Waals surface area contributed by atoms with Crippen molar-refractivity contribution < 1.29 is 4.79 Å². The van der Waals surface area contributed by atoms with Crippen LogP contribution in [-0.4, -0.2) is 40.9 Å². The number of nitrogens with zero attached hydrogens (tertiary/aromatic N) is 6. The Bertz CT molecular complexity index is 1320. The van der Waals surface area contributed by atoms with Crippen molar-refractivity contribution in [2.45, 2.75) is 39.7 Å². The molecule has 0 fully saturated rings. The van der Waals surface area contributed by atoms with Gasteiger partial charge < -0.3 is 0 Å². The maximum Gasteiger partial charge on any atom is 0.353 e. The second kappa shape index (κ2) is 9.99. The summed E-state index contributed by atoms with van der Waals surface area (Å²) in [4.78, 5) is 25.3. The van der Waals surface area contributed by atoms with Gasteiger partial charge in [-0.05, 0) is 40.8 Å². The van der Waals surface area contributed by atoms with Crippen LogP contribution in [0.5, 0.6) is 0 Å². The summed E-state index contributed by atoms with van der Waals surface area (Å²) in [6.07, 6.45) is 5.45. The van der Waals surface area contributed by atoms with Crippen LogP contribution in [0.15, 0.2) is 59.4 Å². The van der Waals surface area contributed by atoms with Crippen LogP contribution in [0.3, 0.4) is 0 Å². The molecule has 0 atom stereocenters. The molecular weight excluding hydrogens is 418 g/mol. The summed E-state index contributed by atoms with van der Waals surface area (Å²) in [6.45, 7) is 4.22. The van der Waals surface area contributed by atoms with Gasteiger partial charge in [0.1, 0.15) is 0 Å². The number of hydrogen-bond acceptors (Lipinski definition) is 6. The molecule has 0 saturated carbocycles. The fourth-order valence-electron chi connectivity index (χ4n) is 3.57. The predicted octanol–water partition coefficient (Wildman–Crippen LogP) is 3.80. The van der Waals surface area contributed by atoms with Gasteiger partial charge in [-0.15, -0.1) is 20.0 Å². The third-order valence-electron chi connectivity index (χ3n) is 5.21. The van der Waals surface area contributed by atoms with Crippen molar-refractivity contribution in [1.29, 1.82) is 0 Å². The fourth-order valence-corrected chi connectivity index (χ4v) is 3.57. The van der Waals surface area contributed by atoms with Crippen LogP contribution in [0.4, 0.5) is 0 Å². The quantitative estimate of drug-likeness (QED) is 0.443. The molecule has 0 unspecified atom stereocenters. The number of aromatic amines is 1. The van der Waals surface area contributed by atoms with Crippen LogP contribution in [-0.2, 0) is 6.54 Å². The highest BCUT2D eigenvalue weighted by atomic mass is 16.2. The average Bonchev–Trinajstić information content (AvgIpc) is 3.48. The van der Waals surface area contributed by atoms with Crippen molar-refractivity contribution in [2.75, 3.05) is 0 Å². The van der Waals surface area contributed by atoms with Gasteiger partial charge in [-0.3, -0.25) is 9.36 Å². The number of carbonyl (C=O) groups is 1. The third-order valence-corrected chi connectivity index (χ3v) is 5.21. The molecule has 0 radical (unpaired) electrons. The Morgan fingerprint density at radius 1 is 1.06 bits per heavy atom. The van der Waals surface area contributed by atoms with Crippen LogP contribution in [0.1, 0.15) is 49.3 Å². The van der Waals surface area contributed by atoms with E-state index in [0.717, 1.165) is 33.4 Å². The Hall–Kier alpha value is -4.14. The van der Waals surface area contributed by atoms with Crippen LogP contribution < -0.4 is 5.69 Å². The van der Waals surface area contributed by atoms with Gasteiger partial charge in [0.05, 0.1) is 6.54 Å². The molecule has 9 heteroatoms. The molecule has 0 saturated heterocycles. The molecule has 0 spiro atoms. The van der Waals surface area contributed by atoms with Gasteiger partial charge in [0.25, 0.3) is 5.91 Å². The lowest BCUT2D eigenvalue weighted by Crippen LogP contribution is -2.30. The van der Waals surface area contributed by atoms with E-state index in [4.69, 9.17) is 0 Å². The molecule has 9 nitrogen and oxygen atoms in total.